The van der Waals surface area contributed by atoms with Crippen molar-refractivity contribution in [3.63, 3.8) is 0 Å². The second-order valence-electron chi connectivity index (χ2n) is 14.0. The minimum atomic E-state index is -5.57. The molecule has 0 aliphatic carbocycles. The van der Waals surface area contributed by atoms with Gasteiger partial charge in [-0.05, 0) is 39.7 Å². The summed E-state index contributed by atoms with van der Waals surface area (Å²) in [5.74, 6) is -1.14. The number of carbonyl (C=O) groups excluding carboxylic acids is 3. The van der Waals surface area contributed by atoms with Crippen LogP contribution in [0.15, 0.2) is 36.0 Å². The molecule has 0 radical (unpaired) electrons. The molecule has 1 fully saturated rings. The van der Waals surface area contributed by atoms with Gasteiger partial charge in [-0.1, -0.05) is 42.8 Å². The summed E-state index contributed by atoms with van der Waals surface area (Å²) in [4.78, 5) is 87.9. The molecular weight excluding hydrogens is 867 g/mol. The number of imidazole rings is 1. The average Bonchev–Trinajstić information content (AvgIpc) is 3.67. The molecule has 332 valence electrons. The fourth-order valence-electron chi connectivity index (χ4n) is 5.19. The maximum atomic E-state index is 12.7. The van der Waals surface area contributed by atoms with Gasteiger partial charge < -0.3 is 50.9 Å². The van der Waals surface area contributed by atoms with Crippen molar-refractivity contribution in [3.05, 3.63) is 36.0 Å². The molecule has 3 rings (SSSR count). The standard InChI is InChI=1S/C31H50N7O17P3S/c1-18(2)7-6-8-19(3)13-22(40)59-12-11-33-21(39)9-10-34-29(43)26(42)31(4,5)15-52-58(49,50)55-57(47,48)51-14-20-25(54-56(44,45)46)24(41)30(53-20)38-17-37-23-27(32)35-16-36-28(23)38/h7,13,16-17,20,24-26,30,41-42H,6,8-12,14-15H2,1-5H3,(H,33,39)(H,34,43)(H,47,48)(H,49,50)(H2,32,35,36)(H2,44,45,46)/b19-13+/t20-,24-,25-,26+,30-/m1/s1. The van der Waals surface area contributed by atoms with Gasteiger partial charge in [0.2, 0.25) is 16.9 Å². The van der Waals surface area contributed by atoms with Crippen LogP contribution in [-0.4, -0.2) is 123 Å². The molecule has 0 saturated carbocycles. The Labute approximate surface area is 342 Å². The third kappa shape index (κ3) is 16.4. The molecule has 2 unspecified atom stereocenters. The van der Waals surface area contributed by atoms with E-state index in [2.05, 4.69) is 40.5 Å². The number of allylic oxidation sites excluding steroid dienone is 3. The first kappa shape index (κ1) is 50.4. The van der Waals surface area contributed by atoms with Gasteiger partial charge in [0, 0.05) is 30.7 Å². The lowest BCUT2D eigenvalue weighted by molar-refractivity contribution is -0.137. The first-order valence-corrected chi connectivity index (χ1v) is 23.2. The van der Waals surface area contributed by atoms with Crippen molar-refractivity contribution in [2.45, 2.75) is 84.5 Å². The molecule has 2 aromatic heterocycles. The number of nitrogen functional groups attached to an aromatic ring is 1. The van der Waals surface area contributed by atoms with Crippen molar-refractivity contribution in [1.29, 1.82) is 0 Å². The molecule has 1 saturated heterocycles. The second-order valence-corrected chi connectivity index (χ2v) is 19.4. The zero-order valence-corrected chi connectivity index (χ0v) is 36.1. The number of rotatable bonds is 23. The first-order chi connectivity index (χ1) is 27.3. The van der Waals surface area contributed by atoms with E-state index in [1.54, 1.807) is 6.08 Å². The summed E-state index contributed by atoms with van der Waals surface area (Å²) in [7, 11) is -16.4. The molecule has 0 aromatic carbocycles. The van der Waals surface area contributed by atoms with Crippen LogP contribution in [0.1, 0.15) is 60.1 Å². The van der Waals surface area contributed by atoms with E-state index >= 15 is 0 Å². The summed E-state index contributed by atoms with van der Waals surface area (Å²) in [5.41, 5.74) is 6.40. The molecule has 2 amide bonds. The van der Waals surface area contributed by atoms with Crippen LogP contribution in [0.5, 0.6) is 0 Å². The zero-order chi connectivity index (χ0) is 44.3. The minimum absolute atomic E-state index is 0.0299. The highest BCUT2D eigenvalue weighted by Gasteiger charge is 2.50. The number of thioether (sulfide) groups is 1. The highest BCUT2D eigenvalue weighted by Crippen LogP contribution is 2.61. The topological polar surface area (TPSA) is 364 Å². The van der Waals surface area contributed by atoms with Gasteiger partial charge in [0.1, 0.15) is 36.3 Å². The van der Waals surface area contributed by atoms with E-state index < -0.39 is 84.6 Å². The fourth-order valence-corrected chi connectivity index (χ4v) is 8.70. The van der Waals surface area contributed by atoms with E-state index in [1.165, 1.54) is 19.4 Å². The lowest BCUT2D eigenvalue weighted by Crippen LogP contribution is -2.46. The number of phosphoric acid groups is 3. The van der Waals surface area contributed by atoms with E-state index in [0.717, 1.165) is 47.4 Å². The van der Waals surface area contributed by atoms with Crippen LogP contribution in [0.3, 0.4) is 0 Å². The molecular formula is C31H50N7O17P3S. The number of hydrogen-bond acceptors (Lipinski definition) is 18. The number of nitrogens with zero attached hydrogens (tertiary/aromatic N) is 4. The van der Waals surface area contributed by atoms with Crippen molar-refractivity contribution in [3.8, 4) is 0 Å². The number of hydrogen-bond donors (Lipinski definition) is 9. The maximum Gasteiger partial charge on any atom is 0.481 e. The van der Waals surface area contributed by atoms with Crippen molar-refractivity contribution >= 4 is 69.1 Å². The summed E-state index contributed by atoms with van der Waals surface area (Å²) in [5, 5.41) is 26.3. The molecule has 24 nitrogen and oxygen atoms in total. The van der Waals surface area contributed by atoms with Crippen molar-refractivity contribution in [2.75, 3.05) is 37.8 Å². The molecule has 59 heavy (non-hydrogen) atoms. The average molecular weight is 918 g/mol. The Morgan fingerprint density at radius 3 is 2.37 bits per heavy atom. The molecule has 0 spiro atoms. The summed E-state index contributed by atoms with van der Waals surface area (Å²) in [6.07, 6.45) is -1.68. The predicted octanol–water partition coefficient (Wildman–Crippen LogP) is 1.36. The van der Waals surface area contributed by atoms with E-state index in [-0.39, 0.29) is 41.6 Å². The van der Waals surface area contributed by atoms with Gasteiger partial charge in [-0.3, -0.25) is 32.5 Å². The number of aliphatic hydroxyl groups is 2. The highest BCUT2D eigenvalue weighted by atomic mass is 32.2. The van der Waals surface area contributed by atoms with Crippen LogP contribution in [0.25, 0.3) is 11.2 Å². The monoisotopic (exact) mass is 917 g/mol. The Bertz CT molecular complexity index is 2010. The number of phosphoric ester groups is 3. The number of fused-ring (bicyclic) bond motifs is 1. The number of carbonyl (C=O) groups is 3. The summed E-state index contributed by atoms with van der Waals surface area (Å²) >= 11 is 1.05. The minimum Gasteiger partial charge on any atom is -0.386 e. The van der Waals surface area contributed by atoms with Crippen molar-refractivity contribution < 1.29 is 80.5 Å². The Balaban J connectivity index is 1.45. The van der Waals surface area contributed by atoms with Gasteiger partial charge in [0.05, 0.1) is 19.5 Å². The van der Waals surface area contributed by atoms with E-state index in [4.69, 9.17) is 19.5 Å². The Morgan fingerprint density at radius 1 is 1.03 bits per heavy atom. The SMILES string of the molecule is CC(C)=CCC/C(C)=C/C(=O)SCCNC(=O)CCNC(=O)[C@H](O)C(C)(C)COP(=O)(O)OP(=O)(O)OC[C@H]1O[C@@H](n2cnc3c(N)ncnc32)[C@H](O)[C@@H]1OP(=O)(O)O. The van der Waals surface area contributed by atoms with Gasteiger partial charge in [0.15, 0.2) is 17.7 Å². The fraction of sp³-hybridized carbons (Fsp3) is 0.613. The lowest BCUT2D eigenvalue weighted by Gasteiger charge is -2.30. The third-order valence-electron chi connectivity index (χ3n) is 8.20. The van der Waals surface area contributed by atoms with Crippen LogP contribution in [0.4, 0.5) is 5.82 Å². The highest BCUT2D eigenvalue weighted by molar-refractivity contribution is 8.14. The van der Waals surface area contributed by atoms with E-state index in [0.29, 0.717) is 5.75 Å². The first-order valence-electron chi connectivity index (χ1n) is 17.7. The molecule has 7 atom stereocenters. The smallest absolute Gasteiger partial charge is 0.386 e. The number of aromatic nitrogens is 4. The molecule has 10 N–H and O–H groups in total. The van der Waals surface area contributed by atoms with Crippen molar-refractivity contribution in [1.82, 2.24) is 30.2 Å². The van der Waals surface area contributed by atoms with Gasteiger partial charge in [-0.2, -0.15) is 4.31 Å². The number of amides is 2. The number of ether oxygens (including phenoxy) is 1. The Kier molecular flexibility index (Phi) is 18.5. The zero-order valence-electron chi connectivity index (χ0n) is 32.6. The number of anilines is 1. The van der Waals surface area contributed by atoms with Gasteiger partial charge >= 0.3 is 23.5 Å². The van der Waals surface area contributed by atoms with E-state index in [9.17, 15) is 57.9 Å². The maximum absolute atomic E-state index is 12.7. The second kappa shape index (κ2) is 21.7. The normalized spacial score (nSPS) is 21.4. The Hall–Kier alpha value is -2.96. The van der Waals surface area contributed by atoms with Gasteiger partial charge in [-0.15, -0.1) is 0 Å². The molecule has 1 aliphatic heterocycles. The van der Waals surface area contributed by atoms with Crippen LogP contribution in [-0.2, 0) is 50.7 Å². The molecule has 0 bridgehead atoms. The largest absolute Gasteiger partial charge is 0.481 e. The quantitative estimate of drug-likeness (QED) is 0.0329. The van der Waals surface area contributed by atoms with Crippen LogP contribution in [0, 0.1) is 5.41 Å². The molecule has 28 heteroatoms. The van der Waals surface area contributed by atoms with Crippen LogP contribution >= 0.6 is 35.2 Å². The summed E-state index contributed by atoms with van der Waals surface area (Å²) in [6.45, 7) is 6.34. The number of nitrogens with one attached hydrogen (secondary N) is 2. The summed E-state index contributed by atoms with van der Waals surface area (Å²) < 4.78 is 62.2. The predicted molar refractivity (Wildman–Crippen MR) is 210 cm³/mol. The van der Waals surface area contributed by atoms with Crippen LogP contribution < -0.4 is 16.4 Å². The lowest BCUT2D eigenvalue weighted by atomic mass is 9.87. The number of nitrogens with two attached hydrogens (primary N) is 1. The summed E-state index contributed by atoms with van der Waals surface area (Å²) in [6, 6.07) is 0. The van der Waals surface area contributed by atoms with E-state index in [1.807, 2.05) is 20.8 Å². The Morgan fingerprint density at radius 2 is 1.71 bits per heavy atom. The van der Waals surface area contributed by atoms with Gasteiger partial charge in [0.25, 0.3) is 0 Å². The third-order valence-corrected chi connectivity index (χ3v) is 12.1. The molecule has 3 heterocycles. The van der Waals surface area contributed by atoms with Crippen LogP contribution in [0.2, 0.25) is 0 Å². The molecule has 2 aromatic rings. The van der Waals surface area contributed by atoms with Gasteiger partial charge in [-0.25, -0.2) is 28.6 Å². The number of aliphatic hydroxyl groups excluding tert-OH is 2. The molecule has 1 aliphatic rings. The van der Waals surface area contributed by atoms with Crippen molar-refractivity contribution in [2.24, 2.45) is 5.41 Å².